The Morgan fingerprint density at radius 1 is 1.07 bits per heavy atom. The van der Waals surface area contributed by atoms with Gasteiger partial charge in [-0.1, -0.05) is 13.8 Å². The van der Waals surface area contributed by atoms with E-state index in [-0.39, 0.29) is 5.75 Å². The molecule has 0 aliphatic carbocycles. The zero-order valence-electron chi connectivity index (χ0n) is 10.0. The van der Waals surface area contributed by atoms with Crippen LogP contribution in [-0.2, 0) is 9.84 Å². The van der Waals surface area contributed by atoms with Crippen LogP contribution < -0.4 is 0 Å². The molecular formula is C10H23NO2S. The van der Waals surface area contributed by atoms with Gasteiger partial charge in [0, 0.05) is 6.54 Å². The molecule has 0 heterocycles. The van der Waals surface area contributed by atoms with Crippen LogP contribution in [0, 0.1) is 0 Å². The van der Waals surface area contributed by atoms with Crippen molar-refractivity contribution in [3.63, 3.8) is 0 Å². The highest BCUT2D eigenvalue weighted by atomic mass is 32.2. The van der Waals surface area contributed by atoms with Gasteiger partial charge in [-0.3, -0.25) is 0 Å². The quantitative estimate of drug-likeness (QED) is 0.707. The minimum Gasteiger partial charge on any atom is -0.303 e. The molecule has 4 heteroatoms. The maximum atomic E-state index is 11.8. The van der Waals surface area contributed by atoms with Crippen molar-refractivity contribution in [2.45, 2.75) is 39.4 Å². The maximum Gasteiger partial charge on any atom is 0.156 e. The molecule has 0 spiro atoms. The molecule has 0 saturated carbocycles. The Morgan fingerprint density at radius 2 is 1.50 bits per heavy atom. The van der Waals surface area contributed by atoms with Crippen molar-refractivity contribution in [1.82, 2.24) is 4.90 Å². The van der Waals surface area contributed by atoms with E-state index >= 15 is 0 Å². The molecule has 0 fully saturated rings. The van der Waals surface area contributed by atoms with Crippen molar-refractivity contribution >= 4 is 9.84 Å². The van der Waals surface area contributed by atoms with Crippen molar-refractivity contribution in [2.75, 3.05) is 25.4 Å². The molecule has 3 nitrogen and oxygen atoms in total. The predicted octanol–water partition coefficient (Wildman–Crippen LogP) is 1.54. The summed E-state index contributed by atoms with van der Waals surface area (Å²) < 4.78 is 22.9. The molecule has 0 saturated heterocycles. The average molecular weight is 221 g/mol. The second kappa shape index (κ2) is 5.12. The monoisotopic (exact) mass is 221 g/mol. The van der Waals surface area contributed by atoms with Gasteiger partial charge < -0.3 is 4.90 Å². The minimum absolute atomic E-state index is 0.262. The summed E-state index contributed by atoms with van der Waals surface area (Å²) in [6.45, 7) is 11.8. The van der Waals surface area contributed by atoms with Gasteiger partial charge in [0.1, 0.15) is 0 Å². The molecule has 0 amide bonds. The van der Waals surface area contributed by atoms with Gasteiger partial charge in [-0.15, -0.1) is 0 Å². The second-order valence-corrected chi connectivity index (χ2v) is 7.32. The van der Waals surface area contributed by atoms with Crippen molar-refractivity contribution in [2.24, 2.45) is 0 Å². The highest BCUT2D eigenvalue weighted by Crippen LogP contribution is 2.15. The molecular weight excluding hydrogens is 198 g/mol. The fraction of sp³-hybridized carbons (Fsp3) is 1.00. The Kier molecular flexibility index (Phi) is 5.09. The summed E-state index contributed by atoms with van der Waals surface area (Å²) in [6.07, 6.45) is 0. The van der Waals surface area contributed by atoms with E-state index in [1.165, 1.54) is 0 Å². The third kappa shape index (κ3) is 3.96. The highest BCUT2D eigenvalue weighted by Gasteiger charge is 2.28. The Bertz CT molecular complexity index is 248. The van der Waals surface area contributed by atoms with Crippen molar-refractivity contribution < 1.29 is 8.42 Å². The summed E-state index contributed by atoms with van der Waals surface area (Å²) >= 11 is 0. The molecule has 0 aromatic rings. The van der Waals surface area contributed by atoms with E-state index in [4.69, 9.17) is 0 Å². The Balaban J connectivity index is 4.27. The highest BCUT2D eigenvalue weighted by molar-refractivity contribution is 7.92. The summed E-state index contributed by atoms with van der Waals surface area (Å²) in [5.74, 6) is 0.262. The number of hydrogen-bond acceptors (Lipinski definition) is 3. The Morgan fingerprint density at radius 3 is 1.79 bits per heavy atom. The number of rotatable bonds is 5. The third-order valence-electron chi connectivity index (χ3n) is 2.50. The molecule has 0 unspecified atom stereocenters. The first-order chi connectivity index (χ1) is 6.24. The zero-order chi connectivity index (χ0) is 11.4. The topological polar surface area (TPSA) is 37.4 Å². The first kappa shape index (κ1) is 13.9. The largest absolute Gasteiger partial charge is 0.303 e. The van der Waals surface area contributed by atoms with Gasteiger partial charge in [-0.2, -0.15) is 0 Å². The van der Waals surface area contributed by atoms with Gasteiger partial charge in [0.05, 0.1) is 10.5 Å². The SMILES string of the molecule is CCN(CC)CCS(=O)(=O)C(C)(C)C. The summed E-state index contributed by atoms with van der Waals surface area (Å²) in [5.41, 5.74) is 0. The minimum atomic E-state index is -2.95. The lowest BCUT2D eigenvalue weighted by molar-refractivity contribution is 0.321. The lowest BCUT2D eigenvalue weighted by atomic mass is 10.3. The molecule has 0 N–H and O–H groups in total. The molecule has 0 rings (SSSR count). The van der Waals surface area contributed by atoms with E-state index in [0.29, 0.717) is 6.54 Å². The average Bonchev–Trinajstić information content (AvgIpc) is 2.04. The van der Waals surface area contributed by atoms with E-state index in [2.05, 4.69) is 4.90 Å². The molecule has 0 aliphatic rings. The molecule has 0 bridgehead atoms. The second-order valence-electron chi connectivity index (χ2n) is 4.46. The molecule has 0 aromatic carbocycles. The van der Waals surface area contributed by atoms with Crippen LogP contribution in [0.15, 0.2) is 0 Å². The smallest absolute Gasteiger partial charge is 0.156 e. The van der Waals surface area contributed by atoms with Gasteiger partial charge in [-0.05, 0) is 33.9 Å². The van der Waals surface area contributed by atoms with E-state index in [1.807, 2.05) is 13.8 Å². The summed E-state index contributed by atoms with van der Waals surface area (Å²) in [4.78, 5) is 2.13. The van der Waals surface area contributed by atoms with Crippen LogP contribution in [0.4, 0.5) is 0 Å². The van der Waals surface area contributed by atoms with Gasteiger partial charge in [0.25, 0.3) is 0 Å². The van der Waals surface area contributed by atoms with E-state index in [9.17, 15) is 8.42 Å². The zero-order valence-corrected chi connectivity index (χ0v) is 10.8. The van der Waals surface area contributed by atoms with Crippen molar-refractivity contribution in [3.05, 3.63) is 0 Å². The van der Waals surface area contributed by atoms with Crippen LogP contribution in [0.25, 0.3) is 0 Å². The van der Waals surface area contributed by atoms with Crippen molar-refractivity contribution in [1.29, 1.82) is 0 Å². The van der Waals surface area contributed by atoms with Gasteiger partial charge in [0.2, 0.25) is 0 Å². The van der Waals surface area contributed by atoms with Gasteiger partial charge >= 0.3 is 0 Å². The number of nitrogens with zero attached hydrogens (tertiary/aromatic N) is 1. The van der Waals surface area contributed by atoms with Gasteiger partial charge in [0.15, 0.2) is 9.84 Å². The van der Waals surface area contributed by atoms with Gasteiger partial charge in [-0.25, -0.2) is 8.42 Å². The lowest BCUT2D eigenvalue weighted by Gasteiger charge is -2.23. The van der Waals surface area contributed by atoms with Crippen LogP contribution in [0.2, 0.25) is 0 Å². The fourth-order valence-electron chi connectivity index (χ4n) is 1.10. The molecule has 0 atom stereocenters. The van der Waals surface area contributed by atoms with E-state index < -0.39 is 14.6 Å². The third-order valence-corrected chi connectivity index (χ3v) is 5.09. The first-order valence-electron chi connectivity index (χ1n) is 5.19. The molecule has 86 valence electrons. The molecule has 0 aliphatic heterocycles. The van der Waals surface area contributed by atoms with Crippen LogP contribution in [0.1, 0.15) is 34.6 Å². The van der Waals surface area contributed by atoms with Crippen LogP contribution in [0.5, 0.6) is 0 Å². The van der Waals surface area contributed by atoms with Crippen molar-refractivity contribution in [3.8, 4) is 0 Å². The molecule has 0 radical (unpaired) electrons. The summed E-state index contributed by atoms with van der Waals surface area (Å²) in [6, 6.07) is 0. The van der Waals surface area contributed by atoms with E-state index in [0.717, 1.165) is 13.1 Å². The van der Waals surface area contributed by atoms with Crippen LogP contribution in [0.3, 0.4) is 0 Å². The standard InChI is InChI=1S/C10H23NO2S/c1-6-11(7-2)8-9-14(12,13)10(3,4)5/h6-9H2,1-5H3. The number of hydrogen-bond donors (Lipinski definition) is 0. The predicted molar refractivity (Wildman–Crippen MR) is 61.3 cm³/mol. The lowest BCUT2D eigenvalue weighted by Crippen LogP contribution is -2.36. The summed E-state index contributed by atoms with van der Waals surface area (Å²) in [7, 11) is -2.95. The molecule has 0 aromatic heterocycles. The normalized spacial score (nSPS) is 13.6. The Labute approximate surface area is 88.4 Å². The summed E-state index contributed by atoms with van der Waals surface area (Å²) in [5, 5.41) is 0. The van der Waals surface area contributed by atoms with Crippen LogP contribution in [-0.4, -0.2) is 43.5 Å². The number of sulfone groups is 1. The maximum absolute atomic E-state index is 11.8. The molecule has 14 heavy (non-hydrogen) atoms. The Hall–Kier alpha value is -0.0900. The fourth-order valence-corrected chi connectivity index (χ4v) is 2.21. The van der Waals surface area contributed by atoms with E-state index in [1.54, 1.807) is 20.8 Å². The first-order valence-corrected chi connectivity index (χ1v) is 6.84. The van der Waals surface area contributed by atoms with Crippen LogP contribution >= 0.6 is 0 Å².